The first-order valence-electron chi connectivity index (χ1n) is 7.57. The predicted molar refractivity (Wildman–Crippen MR) is 89.2 cm³/mol. The maximum Gasteiger partial charge on any atom is 0.359 e. The summed E-state index contributed by atoms with van der Waals surface area (Å²) in [4.78, 5) is 32.7. The van der Waals surface area contributed by atoms with Gasteiger partial charge in [-0.05, 0) is 29.7 Å². The lowest BCUT2D eigenvalue weighted by atomic mass is 10.00. The van der Waals surface area contributed by atoms with E-state index in [9.17, 15) is 19.1 Å². The van der Waals surface area contributed by atoms with Gasteiger partial charge in [-0.15, -0.1) is 0 Å². The molecule has 0 unspecified atom stereocenters. The zero-order chi connectivity index (χ0) is 17.2. The Hall–Kier alpha value is -2.14. The van der Waals surface area contributed by atoms with Gasteiger partial charge in [0, 0.05) is 13.1 Å². The summed E-state index contributed by atoms with van der Waals surface area (Å²) in [6.45, 7) is 0.886. The van der Waals surface area contributed by atoms with E-state index in [1.807, 2.05) is 18.2 Å². The number of carbonyl (C=O) groups excluding carboxylic acids is 1. The second kappa shape index (κ2) is 6.77. The molecule has 1 aliphatic heterocycles. The molecule has 0 spiro atoms. The molecule has 1 heterocycles. The average Bonchev–Trinajstić information content (AvgIpc) is 2.58. The molecule has 0 radical (unpaired) electrons. The molecule has 0 atom stereocenters. The molecule has 0 aliphatic carbocycles. The number of benzene rings is 2. The molecule has 2 N–H and O–H groups in total. The van der Waals surface area contributed by atoms with Crippen LogP contribution in [0.1, 0.15) is 11.1 Å². The van der Waals surface area contributed by atoms with Crippen molar-refractivity contribution in [2.75, 3.05) is 13.2 Å². The molecule has 1 aliphatic rings. The van der Waals surface area contributed by atoms with Gasteiger partial charge in [0.1, 0.15) is 11.1 Å². The van der Waals surface area contributed by atoms with Crippen LogP contribution in [0.4, 0.5) is 0 Å². The Kier molecular flexibility index (Phi) is 4.71. The number of rotatable bonds is 4. The standard InChI is InChI=1S/C17H18NO5P/c19-17(18-10-9-13-5-1-2-6-14(13)11-18)12-23-15-7-3-4-8-16(15)24(20,21)22/h1-8H,9-12H2,(H2,20,21,22). The average molecular weight is 347 g/mol. The Balaban J connectivity index is 1.66. The first kappa shape index (κ1) is 16.7. The maximum atomic E-state index is 12.3. The van der Waals surface area contributed by atoms with Crippen LogP contribution in [0.15, 0.2) is 48.5 Å². The molecule has 0 fully saturated rings. The summed E-state index contributed by atoms with van der Waals surface area (Å²) < 4.78 is 16.8. The highest BCUT2D eigenvalue weighted by atomic mass is 31.2. The van der Waals surface area contributed by atoms with Crippen molar-refractivity contribution < 1.29 is 23.9 Å². The van der Waals surface area contributed by atoms with Gasteiger partial charge in [0.15, 0.2) is 6.61 Å². The minimum Gasteiger partial charge on any atom is -0.483 e. The Labute approximate surface area is 139 Å². The van der Waals surface area contributed by atoms with Gasteiger partial charge in [-0.25, -0.2) is 0 Å². The molecule has 0 saturated heterocycles. The number of nitrogens with zero attached hydrogens (tertiary/aromatic N) is 1. The third kappa shape index (κ3) is 3.67. The Bertz CT molecular complexity index is 801. The molecular formula is C17H18NO5P. The van der Waals surface area contributed by atoms with E-state index in [2.05, 4.69) is 6.07 Å². The van der Waals surface area contributed by atoms with Crippen LogP contribution in [-0.4, -0.2) is 33.7 Å². The van der Waals surface area contributed by atoms with Crippen molar-refractivity contribution in [3.05, 3.63) is 59.7 Å². The van der Waals surface area contributed by atoms with Gasteiger partial charge >= 0.3 is 7.60 Å². The van der Waals surface area contributed by atoms with Gasteiger partial charge < -0.3 is 19.4 Å². The van der Waals surface area contributed by atoms with E-state index in [4.69, 9.17) is 4.74 Å². The molecule has 0 saturated carbocycles. The fourth-order valence-electron chi connectivity index (χ4n) is 2.76. The summed E-state index contributed by atoms with van der Waals surface area (Å²) in [5.74, 6) is -0.165. The van der Waals surface area contributed by atoms with Crippen LogP contribution < -0.4 is 10.0 Å². The van der Waals surface area contributed by atoms with E-state index >= 15 is 0 Å². The highest BCUT2D eigenvalue weighted by molar-refractivity contribution is 7.60. The van der Waals surface area contributed by atoms with Crippen molar-refractivity contribution >= 4 is 18.8 Å². The minimum absolute atomic E-state index is 0.0385. The van der Waals surface area contributed by atoms with Crippen LogP contribution in [-0.2, 0) is 22.3 Å². The Morgan fingerprint density at radius 2 is 1.75 bits per heavy atom. The zero-order valence-electron chi connectivity index (χ0n) is 13.0. The fourth-order valence-corrected chi connectivity index (χ4v) is 3.47. The van der Waals surface area contributed by atoms with Crippen molar-refractivity contribution in [3.63, 3.8) is 0 Å². The summed E-state index contributed by atoms with van der Waals surface area (Å²) >= 11 is 0. The second-order valence-corrected chi connectivity index (χ2v) is 7.20. The zero-order valence-corrected chi connectivity index (χ0v) is 13.9. The number of ether oxygens (including phenoxy) is 1. The third-order valence-corrected chi connectivity index (χ3v) is 5.01. The number of fused-ring (bicyclic) bond motifs is 1. The lowest BCUT2D eigenvalue weighted by Gasteiger charge is -2.28. The van der Waals surface area contributed by atoms with Crippen LogP contribution >= 0.6 is 7.60 Å². The second-order valence-electron chi connectivity index (χ2n) is 5.63. The molecule has 0 aromatic heterocycles. The summed E-state index contributed by atoms with van der Waals surface area (Å²) in [5.41, 5.74) is 2.36. The highest BCUT2D eigenvalue weighted by Gasteiger charge is 2.24. The highest BCUT2D eigenvalue weighted by Crippen LogP contribution is 2.37. The maximum absolute atomic E-state index is 12.3. The first-order valence-corrected chi connectivity index (χ1v) is 9.19. The van der Waals surface area contributed by atoms with Gasteiger partial charge in [0.25, 0.3) is 5.91 Å². The van der Waals surface area contributed by atoms with Crippen LogP contribution in [0, 0.1) is 0 Å². The topological polar surface area (TPSA) is 87.1 Å². The van der Waals surface area contributed by atoms with Crippen molar-refractivity contribution in [2.45, 2.75) is 13.0 Å². The summed E-state index contributed by atoms with van der Waals surface area (Å²) in [6, 6.07) is 13.9. The van der Waals surface area contributed by atoms with E-state index in [1.165, 1.54) is 23.8 Å². The molecule has 2 aromatic rings. The van der Waals surface area contributed by atoms with Gasteiger partial charge in [0.2, 0.25) is 0 Å². The quantitative estimate of drug-likeness (QED) is 0.818. The molecule has 2 aromatic carbocycles. The van der Waals surface area contributed by atoms with Crippen LogP contribution in [0.2, 0.25) is 0 Å². The normalized spacial score (nSPS) is 14.2. The molecule has 7 heteroatoms. The summed E-state index contributed by atoms with van der Waals surface area (Å²) in [6.07, 6.45) is 0.793. The first-order chi connectivity index (χ1) is 11.4. The van der Waals surface area contributed by atoms with Crippen LogP contribution in [0.5, 0.6) is 5.75 Å². The Morgan fingerprint density at radius 3 is 2.50 bits per heavy atom. The number of para-hydroxylation sites is 1. The number of amides is 1. The SMILES string of the molecule is O=C(COc1ccccc1P(=O)(O)O)N1CCc2ccccc2C1. The van der Waals surface area contributed by atoms with Crippen molar-refractivity contribution in [1.29, 1.82) is 0 Å². The van der Waals surface area contributed by atoms with E-state index in [0.29, 0.717) is 13.1 Å². The minimum atomic E-state index is -4.44. The smallest absolute Gasteiger partial charge is 0.359 e. The number of carbonyl (C=O) groups is 1. The number of hydrogen-bond donors (Lipinski definition) is 2. The van der Waals surface area contributed by atoms with E-state index in [0.717, 1.165) is 12.0 Å². The van der Waals surface area contributed by atoms with Gasteiger partial charge in [0.05, 0.1) is 0 Å². The van der Waals surface area contributed by atoms with E-state index < -0.39 is 7.60 Å². The van der Waals surface area contributed by atoms with Crippen molar-refractivity contribution in [1.82, 2.24) is 4.90 Å². The molecule has 126 valence electrons. The largest absolute Gasteiger partial charge is 0.483 e. The molecular weight excluding hydrogens is 329 g/mol. The lowest BCUT2D eigenvalue weighted by molar-refractivity contribution is -0.134. The van der Waals surface area contributed by atoms with Crippen LogP contribution in [0.25, 0.3) is 0 Å². The van der Waals surface area contributed by atoms with Crippen LogP contribution in [0.3, 0.4) is 0 Å². The molecule has 24 heavy (non-hydrogen) atoms. The van der Waals surface area contributed by atoms with E-state index in [-0.39, 0.29) is 23.6 Å². The predicted octanol–water partition coefficient (Wildman–Crippen LogP) is 1.45. The van der Waals surface area contributed by atoms with Gasteiger partial charge in [-0.3, -0.25) is 9.36 Å². The van der Waals surface area contributed by atoms with Gasteiger partial charge in [-0.1, -0.05) is 36.4 Å². The number of hydrogen-bond acceptors (Lipinski definition) is 3. The molecule has 6 nitrogen and oxygen atoms in total. The van der Waals surface area contributed by atoms with Crippen molar-refractivity contribution in [2.24, 2.45) is 0 Å². The summed E-state index contributed by atoms with van der Waals surface area (Å²) in [5, 5.41) is -0.207. The molecule has 1 amide bonds. The van der Waals surface area contributed by atoms with E-state index in [1.54, 1.807) is 11.0 Å². The third-order valence-electron chi connectivity index (χ3n) is 4.01. The summed E-state index contributed by atoms with van der Waals surface area (Å²) in [7, 11) is -4.44. The van der Waals surface area contributed by atoms with Gasteiger partial charge in [-0.2, -0.15) is 0 Å². The molecule has 3 rings (SSSR count). The molecule has 0 bridgehead atoms. The fraction of sp³-hybridized carbons (Fsp3) is 0.235. The lowest BCUT2D eigenvalue weighted by Crippen LogP contribution is -2.39. The van der Waals surface area contributed by atoms with Crippen molar-refractivity contribution in [3.8, 4) is 5.75 Å². The monoisotopic (exact) mass is 347 g/mol. The Morgan fingerprint density at radius 1 is 1.08 bits per heavy atom.